The van der Waals surface area contributed by atoms with E-state index < -0.39 is 23.4 Å². The Hall–Kier alpha value is -2.46. The smallest absolute Gasteiger partial charge is 0.230 e. The minimum Gasteiger partial charge on any atom is -0.324 e. The standard InChI is InChI=1S/C18H15F3N4OS2/c1-24-13(5-15(26)23-10-6-22-28-8-10)14-4-9(7-25(14)18(24)27)16-11(19)2-3-12(20)17(16)21/h2-3,6,8-9H,4-5,7H2,1H3,(H,23,26)/t9-/m0/s1. The average Bonchev–Trinajstić information content (AvgIpc) is 3.35. The third-order valence-electron chi connectivity index (χ3n) is 4.96. The van der Waals surface area contributed by atoms with Gasteiger partial charge in [-0.3, -0.25) is 4.79 Å². The van der Waals surface area contributed by atoms with Crippen molar-refractivity contribution in [2.24, 2.45) is 7.05 Å². The highest BCUT2D eigenvalue weighted by Crippen LogP contribution is 2.36. The number of hydrogen-bond acceptors (Lipinski definition) is 4. The number of carbonyl (C=O) groups excluding carboxylic acids is 1. The van der Waals surface area contributed by atoms with Gasteiger partial charge in [-0.2, -0.15) is 4.37 Å². The van der Waals surface area contributed by atoms with Crippen LogP contribution in [0.1, 0.15) is 22.9 Å². The van der Waals surface area contributed by atoms with Crippen molar-refractivity contribution in [3.63, 3.8) is 0 Å². The van der Waals surface area contributed by atoms with Crippen molar-refractivity contribution >= 4 is 35.3 Å². The molecule has 4 rings (SSSR count). The van der Waals surface area contributed by atoms with E-state index >= 15 is 0 Å². The van der Waals surface area contributed by atoms with Crippen LogP contribution in [-0.4, -0.2) is 19.4 Å². The number of amides is 1. The van der Waals surface area contributed by atoms with Crippen LogP contribution in [0.5, 0.6) is 0 Å². The Morgan fingerprint density at radius 1 is 1.36 bits per heavy atom. The van der Waals surface area contributed by atoms with Crippen molar-refractivity contribution in [1.82, 2.24) is 13.5 Å². The third kappa shape index (κ3) is 3.16. The van der Waals surface area contributed by atoms with Gasteiger partial charge >= 0.3 is 0 Å². The van der Waals surface area contributed by atoms with E-state index in [1.165, 1.54) is 11.5 Å². The van der Waals surface area contributed by atoms with E-state index in [-0.39, 0.29) is 30.9 Å². The van der Waals surface area contributed by atoms with Gasteiger partial charge in [-0.25, -0.2) is 13.2 Å². The predicted octanol–water partition coefficient (Wildman–Crippen LogP) is 3.95. The molecular weight excluding hydrogens is 409 g/mol. The maximum Gasteiger partial charge on any atom is 0.230 e. The molecule has 0 saturated heterocycles. The first kappa shape index (κ1) is 18.9. The Kier molecular flexibility index (Phi) is 4.84. The second-order valence-electron chi connectivity index (χ2n) is 6.64. The summed E-state index contributed by atoms with van der Waals surface area (Å²) < 4.78 is 49.9. The molecule has 28 heavy (non-hydrogen) atoms. The fourth-order valence-corrected chi connectivity index (χ4v) is 4.41. The summed E-state index contributed by atoms with van der Waals surface area (Å²) >= 11 is 6.65. The van der Waals surface area contributed by atoms with Crippen LogP contribution in [-0.2, 0) is 31.2 Å². The molecule has 3 aromatic rings. The molecule has 5 nitrogen and oxygen atoms in total. The summed E-state index contributed by atoms with van der Waals surface area (Å²) in [6, 6.07) is 1.70. The molecule has 146 valence electrons. The summed E-state index contributed by atoms with van der Waals surface area (Å²) in [5, 5.41) is 4.46. The maximum atomic E-state index is 14.2. The van der Waals surface area contributed by atoms with E-state index in [1.54, 1.807) is 27.8 Å². The highest BCUT2D eigenvalue weighted by molar-refractivity contribution is 7.71. The topological polar surface area (TPSA) is 51.9 Å². The van der Waals surface area contributed by atoms with Crippen molar-refractivity contribution in [2.45, 2.75) is 25.3 Å². The Bertz CT molecular complexity index is 1120. The lowest BCUT2D eigenvalue weighted by molar-refractivity contribution is -0.115. The number of fused-ring (bicyclic) bond motifs is 1. The van der Waals surface area contributed by atoms with Gasteiger partial charge < -0.3 is 14.5 Å². The number of halogens is 3. The molecular formula is C18H15F3N4OS2. The van der Waals surface area contributed by atoms with E-state index in [9.17, 15) is 18.0 Å². The number of anilines is 1. The largest absolute Gasteiger partial charge is 0.324 e. The van der Waals surface area contributed by atoms with Crippen LogP contribution in [0.25, 0.3) is 0 Å². The van der Waals surface area contributed by atoms with Crippen molar-refractivity contribution in [3.8, 4) is 0 Å². The zero-order chi connectivity index (χ0) is 20.0. The lowest BCUT2D eigenvalue weighted by atomic mass is 9.95. The molecule has 1 atom stereocenters. The summed E-state index contributed by atoms with van der Waals surface area (Å²) in [7, 11) is 1.75. The van der Waals surface area contributed by atoms with Gasteiger partial charge in [0.25, 0.3) is 0 Å². The number of rotatable bonds is 4. The highest BCUT2D eigenvalue weighted by atomic mass is 32.1. The van der Waals surface area contributed by atoms with Crippen LogP contribution >= 0.6 is 23.8 Å². The first-order valence-electron chi connectivity index (χ1n) is 8.46. The summed E-state index contributed by atoms with van der Waals surface area (Å²) in [6.07, 6.45) is 1.88. The zero-order valence-electron chi connectivity index (χ0n) is 14.7. The second-order valence-corrected chi connectivity index (χ2v) is 7.66. The van der Waals surface area contributed by atoms with Crippen LogP contribution in [0.15, 0.2) is 23.7 Å². The van der Waals surface area contributed by atoms with Crippen LogP contribution in [0.2, 0.25) is 0 Å². The van der Waals surface area contributed by atoms with Crippen LogP contribution < -0.4 is 5.32 Å². The number of hydrogen-bond donors (Lipinski definition) is 1. The van der Waals surface area contributed by atoms with Crippen LogP contribution in [0.4, 0.5) is 18.9 Å². The fourth-order valence-electron chi connectivity index (χ4n) is 3.65. The zero-order valence-corrected chi connectivity index (χ0v) is 16.3. The Morgan fingerprint density at radius 2 is 2.11 bits per heavy atom. The molecule has 0 saturated carbocycles. The summed E-state index contributed by atoms with van der Waals surface area (Å²) in [4.78, 5) is 12.4. The summed E-state index contributed by atoms with van der Waals surface area (Å²) in [6.45, 7) is 0.232. The second kappa shape index (κ2) is 7.17. The van der Waals surface area contributed by atoms with Crippen molar-refractivity contribution in [2.75, 3.05) is 5.32 Å². The van der Waals surface area contributed by atoms with E-state index in [2.05, 4.69) is 9.69 Å². The van der Waals surface area contributed by atoms with Crippen molar-refractivity contribution < 1.29 is 18.0 Å². The van der Waals surface area contributed by atoms with Gasteiger partial charge in [0.15, 0.2) is 16.4 Å². The lowest BCUT2D eigenvalue weighted by Gasteiger charge is -2.13. The Balaban J connectivity index is 1.63. The van der Waals surface area contributed by atoms with Crippen LogP contribution in [0.3, 0.4) is 0 Å². The molecule has 1 aliphatic heterocycles. The monoisotopic (exact) mass is 424 g/mol. The van der Waals surface area contributed by atoms with Crippen LogP contribution in [0, 0.1) is 22.2 Å². The minimum atomic E-state index is -1.17. The number of benzene rings is 1. The number of imidazole rings is 1. The van der Waals surface area contributed by atoms with E-state index in [4.69, 9.17) is 12.2 Å². The molecule has 0 fully saturated rings. The molecule has 1 N–H and O–H groups in total. The molecule has 1 aliphatic rings. The molecule has 1 amide bonds. The van der Waals surface area contributed by atoms with Crippen molar-refractivity contribution in [3.05, 3.63) is 62.9 Å². The quantitative estimate of drug-likeness (QED) is 0.510. The Morgan fingerprint density at radius 3 is 2.82 bits per heavy atom. The minimum absolute atomic E-state index is 0.0547. The predicted molar refractivity (Wildman–Crippen MR) is 101 cm³/mol. The molecule has 0 unspecified atom stereocenters. The Labute approximate surface area is 167 Å². The number of aromatic nitrogens is 3. The molecule has 10 heteroatoms. The fraction of sp³-hybridized carbons (Fsp3) is 0.278. The third-order valence-corrected chi connectivity index (χ3v) is 6.04. The van der Waals surface area contributed by atoms with E-state index in [0.29, 0.717) is 16.2 Å². The first-order chi connectivity index (χ1) is 13.4. The molecule has 0 aliphatic carbocycles. The molecule has 2 aromatic heterocycles. The summed E-state index contributed by atoms with van der Waals surface area (Å²) in [5.41, 5.74) is 1.74. The normalized spacial score (nSPS) is 15.6. The molecule has 0 radical (unpaired) electrons. The van der Waals surface area contributed by atoms with E-state index in [0.717, 1.165) is 17.8 Å². The van der Waals surface area contributed by atoms with Crippen molar-refractivity contribution in [1.29, 1.82) is 0 Å². The van der Waals surface area contributed by atoms with Gasteiger partial charge in [-0.05, 0) is 42.3 Å². The molecule has 3 heterocycles. The van der Waals surface area contributed by atoms with Gasteiger partial charge in [-0.1, -0.05) is 0 Å². The number of nitrogens with one attached hydrogen (secondary N) is 1. The molecule has 0 bridgehead atoms. The SMILES string of the molecule is Cn1c(CC(=O)Nc2cnsc2)c2n(c1=S)C[C@@H](c1c(F)ccc(F)c1F)C2. The summed E-state index contributed by atoms with van der Waals surface area (Å²) in [5.74, 6) is -3.87. The van der Waals surface area contributed by atoms with Gasteiger partial charge in [0, 0.05) is 41.8 Å². The maximum absolute atomic E-state index is 14.2. The molecule has 1 aromatic carbocycles. The van der Waals surface area contributed by atoms with Gasteiger partial charge in [0.1, 0.15) is 5.82 Å². The lowest BCUT2D eigenvalue weighted by Crippen LogP contribution is -2.17. The highest BCUT2D eigenvalue weighted by Gasteiger charge is 2.33. The first-order valence-corrected chi connectivity index (χ1v) is 9.71. The average molecular weight is 424 g/mol. The molecule has 0 spiro atoms. The van der Waals surface area contributed by atoms with Gasteiger partial charge in [0.05, 0.1) is 18.3 Å². The van der Waals surface area contributed by atoms with E-state index in [1.807, 2.05) is 0 Å². The van der Waals surface area contributed by atoms with Gasteiger partial charge in [-0.15, -0.1) is 0 Å². The number of nitrogens with zero attached hydrogens (tertiary/aromatic N) is 3. The van der Waals surface area contributed by atoms with Gasteiger partial charge in [0.2, 0.25) is 5.91 Å². The number of carbonyl (C=O) groups is 1.